The highest BCUT2D eigenvalue weighted by atomic mass is 35.5. The molecule has 8 nitrogen and oxygen atoms in total. The Kier molecular flexibility index (Phi) is 6.85. The van der Waals surface area contributed by atoms with Crippen molar-refractivity contribution in [1.29, 1.82) is 5.26 Å². The molecule has 0 unspecified atom stereocenters. The van der Waals surface area contributed by atoms with E-state index < -0.39 is 10.0 Å². The van der Waals surface area contributed by atoms with Crippen molar-refractivity contribution in [3.05, 3.63) is 47.0 Å². The quantitative estimate of drug-likeness (QED) is 0.709. The highest BCUT2D eigenvalue weighted by Crippen LogP contribution is 2.28. The number of halogens is 1. The topological polar surface area (TPSA) is 112 Å². The van der Waals surface area contributed by atoms with Gasteiger partial charge >= 0.3 is 0 Å². The number of hydrogen-bond acceptors (Lipinski definition) is 6. The van der Waals surface area contributed by atoms with Crippen LogP contribution in [0.1, 0.15) is 5.56 Å². The highest BCUT2D eigenvalue weighted by Gasteiger charge is 2.23. The molecule has 0 atom stereocenters. The average molecular weight is 423 g/mol. The van der Waals surface area contributed by atoms with Gasteiger partial charge in [0.15, 0.2) is 0 Å². The number of ether oxygens (including phenoxy) is 1. The number of benzene rings is 2. The zero-order chi connectivity index (χ0) is 20.9. The summed E-state index contributed by atoms with van der Waals surface area (Å²) in [6, 6.07) is 11.0. The molecule has 0 radical (unpaired) electrons. The van der Waals surface area contributed by atoms with Crippen molar-refractivity contribution in [3.8, 4) is 11.8 Å². The second kappa shape index (κ2) is 8.93. The largest absolute Gasteiger partial charge is 0.495 e. The molecule has 2 rings (SSSR count). The van der Waals surface area contributed by atoms with Gasteiger partial charge in [0, 0.05) is 25.5 Å². The molecule has 0 aliphatic carbocycles. The Morgan fingerprint density at radius 1 is 1.21 bits per heavy atom. The Labute approximate surface area is 168 Å². The van der Waals surface area contributed by atoms with E-state index in [0.29, 0.717) is 16.9 Å². The first-order valence-corrected chi connectivity index (χ1v) is 9.84. The molecule has 0 saturated heterocycles. The van der Waals surface area contributed by atoms with Gasteiger partial charge in [-0.05, 0) is 36.4 Å². The third kappa shape index (κ3) is 4.92. The number of sulfonamides is 1. The van der Waals surface area contributed by atoms with Crippen LogP contribution >= 0.6 is 11.6 Å². The summed E-state index contributed by atoms with van der Waals surface area (Å²) in [4.78, 5) is 12.1. The summed E-state index contributed by atoms with van der Waals surface area (Å²) < 4.78 is 31.0. The standard InChI is InChI=1S/C18H19ClN4O4S/c1-23(2)28(25,26)17-9-14(6-7-16(17)27-3)22-18(24)11-21-13-5-4-12(10-20)15(19)8-13/h4-9,21H,11H2,1-3H3,(H,22,24). The Morgan fingerprint density at radius 3 is 2.46 bits per heavy atom. The van der Waals surface area contributed by atoms with Crippen LogP contribution in [0.3, 0.4) is 0 Å². The van der Waals surface area contributed by atoms with E-state index in [1.54, 1.807) is 24.3 Å². The molecule has 2 aromatic rings. The maximum Gasteiger partial charge on any atom is 0.246 e. The van der Waals surface area contributed by atoms with Crippen molar-refractivity contribution < 1.29 is 17.9 Å². The number of carbonyl (C=O) groups is 1. The van der Waals surface area contributed by atoms with Crippen molar-refractivity contribution >= 4 is 38.9 Å². The summed E-state index contributed by atoms with van der Waals surface area (Å²) in [6.45, 7) is -0.0793. The lowest BCUT2D eigenvalue weighted by Crippen LogP contribution is -2.24. The zero-order valence-electron chi connectivity index (χ0n) is 15.5. The molecule has 0 bridgehead atoms. The Bertz CT molecular complexity index is 1030. The van der Waals surface area contributed by atoms with Gasteiger partial charge in [0.2, 0.25) is 15.9 Å². The van der Waals surface area contributed by atoms with Gasteiger partial charge in [0.25, 0.3) is 0 Å². The van der Waals surface area contributed by atoms with E-state index in [1.165, 1.54) is 33.3 Å². The summed E-state index contributed by atoms with van der Waals surface area (Å²) in [6.07, 6.45) is 0. The Hall–Kier alpha value is -2.80. The van der Waals surface area contributed by atoms with E-state index in [0.717, 1.165) is 4.31 Å². The summed E-state index contributed by atoms with van der Waals surface area (Å²) >= 11 is 5.95. The lowest BCUT2D eigenvalue weighted by atomic mass is 10.2. The smallest absolute Gasteiger partial charge is 0.246 e. The van der Waals surface area contributed by atoms with Crippen molar-refractivity contribution in [3.63, 3.8) is 0 Å². The van der Waals surface area contributed by atoms with Crippen molar-refractivity contribution in [2.24, 2.45) is 0 Å². The maximum absolute atomic E-state index is 12.4. The summed E-state index contributed by atoms with van der Waals surface area (Å²) in [5.74, 6) is -0.212. The van der Waals surface area contributed by atoms with Gasteiger partial charge in [0.1, 0.15) is 16.7 Å². The van der Waals surface area contributed by atoms with Crippen LogP contribution < -0.4 is 15.4 Å². The van der Waals surface area contributed by atoms with Crippen molar-refractivity contribution in [1.82, 2.24) is 4.31 Å². The molecule has 0 heterocycles. The van der Waals surface area contributed by atoms with Gasteiger partial charge in [-0.25, -0.2) is 12.7 Å². The van der Waals surface area contributed by atoms with Gasteiger partial charge in [-0.15, -0.1) is 0 Å². The van der Waals surface area contributed by atoms with Crippen LogP contribution in [0, 0.1) is 11.3 Å². The number of nitrogens with zero attached hydrogens (tertiary/aromatic N) is 2. The van der Waals surface area contributed by atoms with Gasteiger partial charge in [-0.1, -0.05) is 11.6 Å². The minimum absolute atomic E-state index is 0.0513. The molecular weight excluding hydrogens is 404 g/mol. The summed E-state index contributed by atoms with van der Waals surface area (Å²) in [5, 5.41) is 14.7. The zero-order valence-corrected chi connectivity index (χ0v) is 17.1. The van der Waals surface area contributed by atoms with E-state index in [2.05, 4.69) is 10.6 Å². The molecule has 0 aliphatic rings. The van der Waals surface area contributed by atoms with Crippen LogP contribution in [0.5, 0.6) is 5.75 Å². The number of nitriles is 1. The minimum Gasteiger partial charge on any atom is -0.495 e. The molecule has 0 aliphatic heterocycles. The molecule has 0 aromatic heterocycles. The van der Waals surface area contributed by atoms with Gasteiger partial charge in [-0.3, -0.25) is 4.79 Å². The molecule has 0 saturated carbocycles. The van der Waals surface area contributed by atoms with Crippen LogP contribution in [-0.2, 0) is 14.8 Å². The molecule has 2 aromatic carbocycles. The van der Waals surface area contributed by atoms with Crippen LogP contribution in [0.15, 0.2) is 41.3 Å². The third-order valence-corrected chi connectivity index (χ3v) is 5.90. The number of methoxy groups -OCH3 is 1. The van der Waals surface area contributed by atoms with E-state index in [4.69, 9.17) is 21.6 Å². The fraction of sp³-hybridized carbons (Fsp3) is 0.222. The lowest BCUT2D eigenvalue weighted by molar-refractivity contribution is -0.114. The monoisotopic (exact) mass is 422 g/mol. The molecule has 0 spiro atoms. The van der Waals surface area contributed by atoms with Crippen molar-refractivity contribution in [2.75, 3.05) is 38.4 Å². The molecule has 1 amide bonds. The molecular formula is C18H19ClN4O4S. The van der Waals surface area contributed by atoms with E-state index >= 15 is 0 Å². The average Bonchev–Trinajstić information content (AvgIpc) is 2.66. The Morgan fingerprint density at radius 2 is 1.89 bits per heavy atom. The van der Waals surface area contributed by atoms with Gasteiger partial charge < -0.3 is 15.4 Å². The minimum atomic E-state index is -3.74. The number of hydrogen-bond donors (Lipinski definition) is 2. The fourth-order valence-corrected chi connectivity index (χ4v) is 3.55. The summed E-state index contributed by atoms with van der Waals surface area (Å²) in [5.41, 5.74) is 1.22. The van der Waals surface area contributed by atoms with Crippen molar-refractivity contribution in [2.45, 2.75) is 4.90 Å². The number of carbonyl (C=O) groups excluding carboxylic acids is 1. The van der Waals surface area contributed by atoms with Gasteiger partial charge in [0.05, 0.1) is 24.2 Å². The lowest BCUT2D eigenvalue weighted by Gasteiger charge is -2.16. The fourth-order valence-electron chi connectivity index (χ4n) is 2.26. The summed E-state index contributed by atoms with van der Waals surface area (Å²) in [7, 11) is 0.444. The first kappa shape index (κ1) is 21.5. The third-order valence-electron chi connectivity index (χ3n) is 3.75. The first-order chi connectivity index (χ1) is 13.2. The van der Waals surface area contributed by atoms with E-state index in [9.17, 15) is 13.2 Å². The Balaban J connectivity index is 2.12. The molecule has 148 valence electrons. The second-order valence-electron chi connectivity index (χ2n) is 5.86. The predicted octanol–water partition coefficient (Wildman–Crippen LogP) is 2.52. The van der Waals surface area contributed by atoms with Crippen LogP contribution in [-0.4, -0.2) is 46.4 Å². The van der Waals surface area contributed by atoms with Crippen LogP contribution in [0.4, 0.5) is 11.4 Å². The normalized spacial score (nSPS) is 11.0. The number of nitrogens with one attached hydrogen (secondary N) is 2. The number of rotatable bonds is 7. The SMILES string of the molecule is COc1ccc(NC(=O)CNc2ccc(C#N)c(Cl)c2)cc1S(=O)(=O)N(C)C. The van der Waals surface area contributed by atoms with E-state index in [1.807, 2.05) is 6.07 Å². The van der Waals surface area contributed by atoms with Gasteiger partial charge in [-0.2, -0.15) is 5.26 Å². The molecule has 2 N–H and O–H groups in total. The molecule has 10 heteroatoms. The first-order valence-electron chi connectivity index (χ1n) is 8.03. The maximum atomic E-state index is 12.4. The second-order valence-corrected chi connectivity index (χ2v) is 8.39. The van der Waals surface area contributed by atoms with Crippen LogP contribution in [0.25, 0.3) is 0 Å². The highest BCUT2D eigenvalue weighted by molar-refractivity contribution is 7.89. The number of amides is 1. The van der Waals surface area contributed by atoms with Crippen LogP contribution in [0.2, 0.25) is 5.02 Å². The predicted molar refractivity (Wildman–Crippen MR) is 107 cm³/mol. The molecule has 0 fully saturated rings. The van der Waals surface area contributed by atoms with E-state index in [-0.39, 0.29) is 28.1 Å². The number of anilines is 2. The molecule has 28 heavy (non-hydrogen) atoms.